The molecule has 1 saturated heterocycles. The zero-order valence-corrected chi connectivity index (χ0v) is 21.7. The van der Waals surface area contributed by atoms with Crippen LogP contribution in [-0.4, -0.2) is 40.7 Å². The van der Waals surface area contributed by atoms with Crippen molar-refractivity contribution < 1.29 is 28.5 Å². The minimum atomic E-state index is -1.10. The van der Waals surface area contributed by atoms with E-state index in [1.54, 1.807) is 19.9 Å². The van der Waals surface area contributed by atoms with Crippen molar-refractivity contribution in [2.45, 2.75) is 76.5 Å². The molecular weight excluding hydrogens is 488 g/mol. The second-order valence-electron chi connectivity index (χ2n) is 11.0. The third-order valence-electron chi connectivity index (χ3n) is 7.91. The highest BCUT2D eigenvalue weighted by Crippen LogP contribution is 2.45. The van der Waals surface area contributed by atoms with E-state index in [0.29, 0.717) is 29.9 Å². The van der Waals surface area contributed by atoms with Gasteiger partial charge in [0.2, 0.25) is 0 Å². The van der Waals surface area contributed by atoms with Crippen LogP contribution in [0.3, 0.4) is 0 Å². The van der Waals surface area contributed by atoms with Crippen molar-refractivity contribution in [1.82, 2.24) is 0 Å². The van der Waals surface area contributed by atoms with Gasteiger partial charge in [0, 0.05) is 43.2 Å². The molecule has 9 nitrogen and oxygen atoms in total. The van der Waals surface area contributed by atoms with E-state index in [2.05, 4.69) is 4.99 Å². The predicted molar refractivity (Wildman–Crippen MR) is 140 cm³/mol. The molecule has 6 rings (SSSR count). The molecule has 0 amide bonds. The molecule has 4 heterocycles. The fraction of sp³-hybridized carbons (Fsp3) is 0.414. The maximum atomic E-state index is 13.4. The summed E-state index contributed by atoms with van der Waals surface area (Å²) in [5, 5.41) is 11.0. The molecule has 0 saturated carbocycles. The highest BCUT2D eigenvalue weighted by Gasteiger charge is 2.61. The summed E-state index contributed by atoms with van der Waals surface area (Å²) in [6, 6.07) is 8.89. The average molecular weight is 519 g/mol. The van der Waals surface area contributed by atoms with Crippen LogP contribution in [0, 0.1) is 6.92 Å². The molecule has 0 aliphatic carbocycles. The lowest BCUT2D eigenvalue weighted by Crippen LogP contribution is -2.50. The van der Waals surface area contributed by atoms with Crippen molar-refractivity contribution in [2.24, 2.45) is 10.7 Å². The van der Waals surface area contributed by atoms with Gasteiger partial charge in [-0.3, -0.25) is 9.79 Å². The first-order valence-electron chi connectivity index (χ1n) is 12.7. The van der Waals surface area contributed by atoms with Crippen LogP contribution in [0.2, 0.25) is 0 Å². The number of epoxide rings is 1. The summed E-state index contributed by atoms with van der Waals surface area (Å²) in [6.07, 6.45) is 1.79. The van der Waals surface area contributed by atoms with Crippen molar-refractivity contribution in [1.29, 1.82) is 0 Å². The minimum Gasteiger partial charge on any atom is -0.507 e. The Balaban J connectivity index is 1.22. The van der Waals surface area contributed by atoms with Crippen molar-refractivity contribution in [2.75, 3.05) is 0 Å². The van der Waals surface area contributed by atoms with Gasteiger partial charge in [-0.15, -0.1) is 0 Å². The predicted octanol–water partition coefficient (Wildman–Crippen LogP) is 3.42. The summed E-state index contributed by atoms with van der Waals surface area (Å²) >= 11 is 0. The Bertz CT molecular complexity index is 1570. The largest absolute Gasteiger partial charge is 0.507 e. The Hall–Kier alpha value is -3.69. The highest BCUT2D eigenvalue weighted by atomic mass is 16.7. The summed E-state index contributed by atoms with van der Waals surface area (Å²) in [7, 11) is 0. The third-order valence-corrected chi connectivity index (χ3v) is 7.91. The van der Waals surface area contributed by atoms with Crippen LogP contribution in [-0.2, 0) is 33.5 Å². The number of benzene rings is 2. The molecular formula is C29H30N2O7. The number of hydrogen-bond donors (Lipinski definition) is 2. The van der Waals surface area contributed by atoms with Crippen molar-refractivity contribution in [3.05, 3.63) is 68.6 Å². The summed E-state index contributed by atoms with van der Waals surface area (Å²) in [5.74, 6) is 0.114. The van der Waals surface area contributed by atoms with E-state index in [9.17, 15) is 14.7 Å². The molecule has 1 fully saturated rings. The van der Waals surface area contributed by atoms with Gasteiger partial charge < -0.3 is 29.5 Å². The first-order valence-corrected chi connectivity index (χ1v) is 12.7. The molecule has 3 aromatic rings. The number of rotatable bonds is 4. The number of esters is 1. The van der Waals surface area contributed by atoms with Gasteiger partial charge in [0.05, 0.1) is 0 Å². The number of fused-ring (bicyclic) bond motifs is 3. The van der Waals surface area contributed by atoms with E-state index in [1.165, 1.54) is 6.07 Å². The number of nitrogens with zero attached hydrogens (tertiary/aromatic N) is 1. The lowest BCUT2D eigenvalue weighted by molar-refractivity contribution is -0.166. The van der Waals surface area contributed by atoms with Crippen LogP contribution in [0.25, 0.3) is 11.0 Å². The average Bonchev–Trinajstić information content (AvgIpc) is 3.50. The van der Waals surface area contributed by atoms with Gasteiger partial charge in [-0.1, -0.05) is 18.2 Å². The van der Waals surface area contributed by atoms with E-state index in [0.717, 1.165) is 16.7 Å². The van der Waals surface area contributed by atoms with Crippen LogP contribution >= 0.6 is 0 Å². The van der Waals surface area contributed by atoms with Gasteiger partial charge >= 0.3 is 5.97 Å². The topological polar surface area (TPSA) is 137 Å². The molecule has 3 aliphatic heterocycles. The Morgan fingerprint density at radius 1 is 1.24 bits per heavy atom. The number of ether oxygens (including phenoxy) is 3. The van der Waals surface area contributed by atoms with Gasteiger partial charge in [-0.2, -0.15) is 0 Å². The summed E-state index contributed by atoms with van der Waals surface area (Å²) in [5.41, 5.74) is 7.62. The maximum Gasteiger partial charge on any atom is 0.341 e. The smallest absolute Gasteiger partial charge is 0.341 e. The van der Waals surface area contributed by atoms with Crippen molar-refractivity contribution in [3.63, 3.8) is 0 Å². The number of carbonyl (C=O) groups excluding carboxylic acids is 1. The summed E-state index contributed by atoms with van der Waals surface area (Å²) in [4.78, 5) is 30.2. The van der Waals surface area contributed by atoms with Crippen LogP contribution in [0.1, 0.15) is 55.0 Å². The number of hydrogen-bond acceptors (Lipinski definition) is 9. The Morgan fingerprint density at radius 3 is 2.82 bits per heavy atom. The minimum absolute atomic E-state index is 0.0799. The zero-order valence-electron chi connectivity index (χ0n) is 21.7. The Morgan fingerprint density at radius 2 is 2.03 bits per heavy atom. The normalized spacial score (nSPS) is 26.8. The fourth-order valence-electron chi connectivity index (χ4n) is 5.53. The number of phenols is 1. The summed E-state index contributed by atoms with van der Waals surface area (Å²) in [6.45, 7) is 7.03. The highest BCUT2D eigenvalue weighted by molar-refractivity contribution is 5.87. The number of aryl methyl sites for hydroxylation is 1. The monoisotopic (exact) mass is 518 g/mol. The van der Waals surface area contributed by atoms with E-state index < -0.39 is 23.3 Å². The van der Waals surface area contributed by atoms with E-state index in [-0.39, 0.29) is 40.8 Å². The van der Waals surface area contributed by atoms with Crippen molar-refractivity contribution in [3.8, 4) is 11.5 Å². The van der Waals surface area contributed by atoms with Gasteiger partial charge in [-0.05, 0) is 44.4 Å². The van der Waals surface area contributed by atoms with Gasteiger partial charge in [0.25, 0.3) is 0 Å². The number of nitrogens with two attached hydrogens (primary N) is 1. The maximum absolute atomic E-state index is 13.4. The number of aliphatic imine (C=N–C) groups is 1. The molecule has 198 valence electrons. The second-order valence-corrected chi connectivity index (χ2v) is 11.0. The first kappa shape index (κ1) is 24.6. The molecule has 0 bridgehead atoms. The molecule has 4 unspecified atom stereocenters. The van der Waals surface area contributed by atoms with Gasteiger partial charge in [-0.25, -0.2) is 4.79 Å². The SMILES string of the molecule is Cc1cc(=O)c2c(O)c3c(cc2o1)OC(C)(C)C(OC(=O)C1(C)OC1Cc1cccc2c1CC=NC2N)C3. The Labute approximate surface area is 219 Å². The number of carbonyl (C=O) groups is 1. The second kappa shape index (κ2) is 8.41. The van der Waals surface area contributed by atoms with Crippen LogP contribution in [0.15, 0.2) is 44.5 Å². The number of aromatic hydroxyl groups is 1. The zero-order chi connectivity index (χ0) is 27.0. The molecule has 3 N–H and O–H groups in total. The molecule has 0 spiro atoms. The van der Waals surface area contributed by atoms with E-state index >= 15 is 0 Å². The molecule has 9 heteroatoms. The van der Waals surface area contributed by atoms with Crippen LogP contribution in [0.4, 0.5) is 0 Å². The molecule has 3 aliphatic rings. The molecule has 38 heavy (non-hydrogen) atoms. The van der Waals surface area contributed by atoms with Crippen LogP contribution in [0.5, 0.6) is 11.5 Å². The summed E-state index contributed by atoms with van der Waals surface area (Å²) < 4.78 is 23.7. The third kappa shape index (κ3) is 3.88. The van der Waals surface area contributed by atoms with Gasteiger partial charge in [0.15, 0.2) is 11.0 Å². The van der Waals surface area contributed by atoms with Crippen LogP contribution < -0.4 is 15.9 Å². The molecule has 1 aromatic heterocycles. The quantitative estimate of drug-likeness (QED) is 0.396. The molecule has 2 aromatic carbocycles. The molecule has 0 radical (unpaired) electrons. The van der Waals surface area contributed by atoms with E-state index in [1.807, 2.05) is 38.3 Å². The number of phenolic OH excluding ortho intramolecular Hbond substituents is 1. The lowest BCUT2D eigenvalue weighted by atomic mass is 9.89. The lowest BCUT2D eigenvalue weighted by Gasteiger charge is -2.39. The van der Waals surface area contributed by atoms with Gasteiger partial charge in [0.1, 0.15) is 52.2 Å². The van der Waals surface area contributed by atoms with E-state index in [4.69, 9.17) is 24.4 Å². The first-order chi connectivity index (χ1) is 18.0. The fourth-order valence-corrected chi connectivity index (χ4v) is 5.53. The van der Waals surface area contributed by atoms with Crippen molar-refractivity contribution >= 4 is 23.2 Å². The Kier molecular flexibility index (Phi) is 5.45. The standard InChI is InChI=1S/C29H30N2O7/c1-14-10-19(32)24-21(35-14)13-20-18(25(24)33)12-22(28(2,3)37-20)36-27(34)29(4)23(38-29)11-15-6-5-7-17-16(15)8-9-31-26(17)30/h5-7,9-10,13,22-23,26,33H,8,11-12,30H2,1-4H3. The molecule has 4 atom stereocenters.